The molecule has 23 heavy (non-hydrogen) atoms. The van der Waals surface area contributed by atoms with Gasteiger partial charge in [0.05, 0.1) is 13.1 Å². The van der Waals surface area contributed by atoms with Crippen molar-refractivity contribution in [2.45, 2.75) is 19.4 Å². The molecule has 3 rings (SSSR count). The van der Waals surface area contributed by atoms with Crippen LogP contribution in [0.25, 0.3) is 11.4 Å². The third-order valence-electron chi connectivity index (χ3n) is 3.26. The van der Waals surface area contributed by atoms with Crippen LogP contribution in [-0.2, 0) is 11.3 Å². The Kier molecular flexibility index (Phi) is 7.94. The van der Waals surface area contributed by atoms with Crippen LogP contribution < -0.4 is 10.6 Å². The van der Waals surface area contributed by atoms with Crippen molar-refractivity contribution >= 4 is 30.7 Å². The SMILES string of the molecule is Cl.Cl.O=C(CNCC1CC1)NCc1nc(-c2ccncc2)no1. The molecule has 2 aromatic heterocycles. The summed E-state index contributed by atoms with van der Waals surface area (Å²) in [6, 6.07) is 3.60. The fourth-order valence-electron chi connectivity index (χ4n) is 1.89. The van der Waals surface area contributed by atoms with E-state index in [1.165, 1.54) is 12.8 Å². The normalized spacial score (nSPS) is 12.9. The molecular weight excluding hydrogens is 341 g/mol. The lowest BCUT2D eigenvalue weighted by atomic mass is 10.2. The highest BCUT2D eigenvalue weighted by atomic mass is 35.5. The van der Waals surface area contributed by atoms with Gasteiger partial charge in [0.2, 0.25) is 17.6 Å². The number of pyridine rings is 1. The maximum absolute atomic E-state index is 11.6. The number of carbonyl (C=O) groups is 1. The minimum atomic E-state index is -0.0701. The molecular formula is C14H19Cl2N5O2. The van der Waals surface area contributed by atoms with Crippen molar-refractivity contribution in [1.29, 1.82) is 0 Å². The van der Waals surface area contributed by atoms with Crippen LogP contribution in [0.15, 0.2) is 29.0 Å². The predicted molar refractivity (Wildman–Crippen MR) is 89.5 cm³/mol. The molecule has 2 heterocycles. The van der Waals surface area contributed by atoms with Gasteiger partial charge in [-0.05, 0) is 37.4 Å². The van der Waals surface area contributed by atoms with E-state index in [1.807, 2.05) is 0 Å². The van der Waals surface area contributed by atoms with Gasteiger partial charge in [-0.15, -0.1) is 24.8 Å². The number of halogens is 2. The second-order valence-electron chi connectivity index (χ2n) is 5.10. The van der Waals surface area contributed by atoms with E-state index in [9.17, 15) is 4.79 Å². The molecule has 0 bridgehead atoms. The van der Waals surface area contributed by atoms with E-state index < -0.39 is 0 Å². The molecule has 2 aromatic rings. The number of hydrogen-bond donors (Lipinski definition) is 2. The highest BCUT2D eigenvalue weighted by Gasteiger charge is 2.20. The van der Waals surface area contributed by atoms with Crippen molar-refractivity contribution < 1.29 is 9.32 Å². The van der Waals surface area contributed by atoms with E-state index in [-0.39, 0.29) is 37.3 Å². The quantitative estimate of drug-likeness (QED) is 0.779. The van der Waals surface area contributed by atoms with E-state index in [2.05, 4.69) is 25.8 Å². The van der Waals surface area contributed by atoms with Crippen LogP contribution in [-0.4, -0.2) is 34.1 Å². The monoisotopic (exact) mass is 359 g/mol. The number of rotatable bonds is 7. The first-order valence-corrected chi connectivity index (χ1v) is 7.01. The molecule has 0 unspecified atom stereocenters. The number of amides is 1. The Balaban J connectivity index is 0.00000132. The summed E-state index contributed by atoms with van der Waals surface area (Å²) < 4.78 is 5.11. The van der Waals surface area contributed by atoms with E-state index >= 15 is 0 Å². The Morgan fingerprint density at radius 2 is 2.00 bits per heavy atom. The van der Waals surface area contributed by atoms with E-state index in [1.54, 1.807) is 24.5 Å². The number of nitrogens with zero attached hydrogens (tertiary/aromatic N) is 3. The molecule has 0 aromatic carbocycles. The van der Waals surface area contributed by atoms with Crippen molar-refractivity contribution in [2.75, 3.05) is 13.1 Å². The van der Waals surface area contributed by atoms with Gasteiger partial charge >= 0.3 is 0 Å². The molecule has 2 N–H and O–H groups in total. The Morgan fingerprint density at radius 1 is 1.26 bits per heavy atom. The van der Waals surface area contributed by atoms with Crippen LogP contribution in [0.2, 0.25) is 0 Å². The average molecular weight is 360 g/mol. The second-order valence-corrected chi connectivity index (χ2v) is 5.10. The van der Waals surface area contributed by atoms with Gasteiger partial charge in [-0.2, -0.15) is 4.98 Å². The van der Waals surface area contributed by atoms with Crippen LogP contribution >= 0.6 is 24.8 Å². The largest absolute Gasteiger partial charge is 0.346 e. The summed E-state index contributed by atoms with van der Waals surface area (Å²) >= 11 is 0. The Labute approximate surface area is 146 Å². The van der Waals surface area contributed by atoms with Crippen molar-refractivity contribution in [2.24, 2.45) is 5.92 Å². The fraction of sp³-hybridized carbons (Fsp3) is 0.429. The molecule has 0 spiro atoms. The molecule has 0 aliphatic heterocycles. The van der Waals surface area contributed by atoms with Gasteiger partial charge in [0, 0.05) is 18.0 Å². The number of nitrogens with one attached hydrogen (secondary N) is 2. The van der Waals surface area contributed by atoms with Gasteiger partial charge in [-0.1, -0.05) is 5.16 Å². The molecule has 1 fully saturated rings. The van der Waals surface area contributed by atoms with Gasteiger partial charge in [0.1, 0.15) is 0 Å². The number of aromatic nitrogens is 3. The first-order chi connectivity index (χ1) is 10.3. The Bertz CT molecular complexity index is 604. The standard InChI is InChI=1S/C14H17N5O2.2ClH/c20-12(8-16-7-10-1-2-10)17-9-13-18-14(19-21-13)11-3-5-15-6-4-11;;/h3-6,10,16H,1-2,7-9H2,(H,17,20);2*1H. The number of carbonyl (C=O) groups excluding carboxylic acids is 1. The number of hydrogen-bond acceptors (Lipinski definition) is 6. The smallest absolute Gasteiger partial charge is 0.246 e. The van der Waals surface area contributed by atoms with Crippen molar-refractivity contribution in [1.82, 2.24) is 25.8 Å². The zero-order chi connectivity index (χ0) is 14.5. The zero-order valence-electron chi connectivity index (χ0n) is 12.4. The molecule has 1 aliphatic carbocycles. The van der Waals surface area contributed by atoms with Gasteiger partial charge in [-0.25, -0.2) is 0 Å². The second kappa shape index (κ2) is 9.44. The molecule has 7 nitrogen and oxygen atoms in total. The Hall–Kier alpha value is -1.70. The summed E-state index contributed by atoms with van der Waals surface area (Å²) in [6.07, 6.45) is 5.88. The van der Waals surface area contributed by atoms with E-state index in [0.717, 1.165) is 18.0 Å². The Morgan fingerprint density at radius 3 is 2.70 bits per heavy atom. The third-order valence-corrected chi connectivity index (χ3v) is 3.26. The van der Waals surface area contributed by atoms with E-state index in [4.69, 9.17) is 4.52 Å². The first kappa shape index (κ1) is 19.3. The topological polar surface area (TPSA) is 92.9 Å². The van der Waals surface area contributed by atoms with Gasteiger partial charge in [0.25, 0.3) is 0 Å². The van der Waals surface area contributed by atoms with Crippen LogP contribution in [0.1, 0.15) is 18.7 Å². The highest BCUT2D eigenvalue weighted by Crippen LogP contribution is 2.27. The van der Waals surface area contributed by atoms with Crippen molar-refractivity contribution in [3.8, 4) is 11.4 Å². The molecule has 0 radical (unpaired) electrons. The molecule has 1 amide bonds. The summed E-state index contributed by atoms with van der Waals surface area (Å²) in [4.78, 5) is 19.8. The molecule has 0 saturated heterocycles. The molecule has 1 saturated carbocycles. The fourth-order valence-corrected chi connectivity index (χ4v) is 1.89. The summed E-state index contributed by atoms with van der Waals surface area (Å²) in [5.74, 6) is 1.57. The van der Waals surface area contributed by atoms with Crippen LogP contribution in [0.3, 0.4) is 0 Å². The van der Waals surface area contributed by atoms with Crippen LogP contribution in [0, 0.1) is 5.92 Å². The van der Waals surface area contributed by atoms with Crippen LogP contribution in [0.4, 0.5) is 0 Å². The van der Waals surface area contributed by atoms with Gasteiger partial charge < -0.3 is 15.2 Å². The summed E-state index contributed by atoms with van der Waals surface area (Å²) in [5, 5.41) is 9.75. The lowest BCUT2D eigenvalue weighted by Gasteiger charge is -2.03. The van der Waals surface area contributed by atoms with Gasteiger partial charge in [0.15, 0.2) is 0 Å². The maximum atomic E-state index is 11.6. The van der Waals surface area contributed by atoms with Gasteiger partial charge in [-0.3, -0.25) is 9.78 Å². The molecule has 1 aliphatic rings. The highest BCUT2D eigenvalue weighted by molar-refractivity contribution is 5.85. The maximum Gasteiger partial charge on any atom is 0.246 e. The first-order valence-electron chi connectivity index (χ1n) is 7.01. The van der Waals surface area contributed by atoms with E-state index in [0.29, 0.717) is 18.3 Å². The minimum Gasteiger partial charge on any atom is -0.346 e. The minimum absolute atomic E-state index is 0. The van der Waals surface area contributed by atoms with Crippen LogP contribution in [0.5, 0.6) is 0 Å². The lowest BCUT2D eigenvalue weighted by Crippen LogP contribution is -2.34. The predicted octanol–water partition coefficient (Wildman–Crippen LogP) is 1.59. The summed E-state index contributed by atoms with van der Waals surface area (Å²) in [6.45, 7) is 1.48. The van der Waals surface area contributed by atoms with Crippen molar-refractivity contribution in [3.63, 3.8) is 0 Å². The summed E-state index contributed by atoms with van der Waals surface area (Å²) in [5.41, 5.74) is 0.831. The summed E-state index contributed by atoms with van der Waals surface area (Å²) in [7, 11) is 0. The third kappa shape index (κ3) is 6.13. The zero-order valence-corrected chi connectivity index (χ0v) is 14.0. The average Bonchev–Trinajstić information content (AvgIpc) is 3.21. The van der Waals surface area contributed by atoms with Crippen molar-refractivity contribution in [3.05, 3.63) is 30.4 Å². The molecule has 0 atom stereocenters. The molecule has 126 valence electrons. The lowest BCUT2D eigenvalue weighted by molar-refractivity contribution is -0.120. The molecule has 9 heteroatoms.